The highest BCUT2D eigenvalue weighted by atomic mass is 16.4. The van der Waals surface area contributed by atoms with E-state index < -0.39 is 18.1 Å². The number of carboxylic acids is 1. The number of benzene rings is 1. The SMILES string of the molecule is NC(Cc1c[nH]c2ccccc12)C(=O)N1CC(=O)N2C(CCC2C(=O)O)C1. The molecule has 3 unspecified atom stereocenters. The zero-order valence-corrected chi connectivity index (χ0v) is 14.8. The van der Waals surface area contributed by atoms with Gasteiger partial charge in [-0.25, -0.2) is 4.79 Å². The van der Waals surface area contributed by atoms with Gasteiger partial charge in [-0.2, -0.15) is 0 Å². The number of rotatable bonds is 4. The normalized spacial score (nSPS) is 23.5. The van der Waals surface area contributed by atoms with E-state index in [0.29, 0.717) is 25.8 Å². The van der Waals surface area contributed by atoms with Crippen LogP contribution in [0.3, 0.4) is 0 Å². The number of aliphatic carboxylic acids is 1. The number of carbonyl (C=O) groups excluding carboxylic acids is 2. The summed E-state index contributed by atoms with van der Waals surface area (Å²) in [5, 5.41) is 10.3. The number of nitrogens with one attached hydrogen (secondary N) is 1. The van der Waals surface area contributed by atoms with E-state index in [0.717, 1.165) is 16.5 Å². The minimum atomic E-state index is -0.985. The smallest absolute Gasteiger partial charge is 0.326 e. The van der Waals surface area contributed by atoms with Crippen LogP contribution in [0.15, 0.2) is 30.5 Å². The number of piperazine rings is 1. The van der Waals surface area contributed by atoms with E-state index in [1.165, 1.54) is 9.80 Å². The lowest BCUT2D eigenvalue weighted by molar-refractivity contribution is -0.156. The minimum Gasteiger partial charge on any atom is -0.480 e. The molecule has 4 N–H and O–H groups in total. The molecule has 0 bridgehead atoms. The van der Waals surface area contributed by atoms with Crippen LogP contribution >= 0.6 is 0 Å². The van der Waals surface area contributed by atoms with Crippen molar-refractivity contribution in [2.75, 3.05) is 13.1 Å². The predicted octanol–water partition coefficient (Wildman–Crippen LogP) is 0.324. The Bertz CT molecular complexity index is 908. The van der Waals surface area contributed by atoms with Gasteiger partial charge in [0.2, 0.25) is 11.8 Å². The molecular weight excluding hydrogens is 348 g/mol. The van der Waals surface area contributed by atoms with E-state index in [1.54, 1.807) is 0 Å². The Balaban J connectivity index is 1.45. The standard InChI is InChI=1S/C19H22N4O4/c20-14(7-11-8-21-15-4-2-1-3-13(11)15)18(25)22-9-12-5-6-16(19(26)27)23(12)17(24)10-22/h1-4,8,12,14,16,21H,5-7,9-10,20H2,(H,26,27). The molecule has 0 spiro atoms. The molecule has 142 valence electrons. The number of fused-ring (bicyclic) bond motifs is 2. The molecule has 8 heteroatoms. The van der Waals surface area contributed by atoms with Crippen molar-refractivity contribution in [2.24, 2.45) is 5.73 Å². The molecule has 2 aliphatic heterocycles. The topological polar surface area (TPSA) is 120 Å². The summed E-state index contributed by atoms with van der Waals surface area (Å²) in [7, 11) is 0. The zero-order chi connectivity index (χ0) is 19.1. The van der Waals surface area contributed by atoms with E-state index in [-0.39, 0.29) is 24.4 Å². The number of nitrogens with zero attached hydrogens (tertiary/aromatic N) is 2. The van der Waals surface area contributed by atoms with Gasteiger partial charge >= 0.3 is 5.97 Å². The van der Waals surface area contributed by atoms with Gasteiger partial charge in [0.05, 0.1) is 18.6 Å². The Kier molecular flexibility index (Phi) is 4.35. The highest BCUT2D eigenvalue weighted by Crippen LogP contribution is 2.29. The van der Waals surface area contributed by atoms with Gasteiger partial charge in [-0.1, -0.05) is 18.2 Å². The second kappa shape index (κ2) is 6.70. The fraction of sp³-hybridized carbons (Fsp3) is 0.421. The van der Waals surface area contributed by atoms with Crippen molar-refractivity contribution >= 4 is 28.7 Å². The minimum absolute atomic E-state index is 0.110. The Hall–Kier alpha value is -2.87. The third kappa shape index (κ3) is 3.06. The number of carbonyl (C=O) groups is 3. The summed E-state index contributed by atoms with van der Waals surface area (Å²) >= 11 is 0. The number of H-pyrrole nitrogens is 1. The van der Waals surface area contributed by atoms with Crippen molar-refractivity contribution in [1.82, 2.24) is 14.8 Å². The maximum atomic E-state index is 12.8. The third-order valence-corrected chi connectivity index (χ3v) is 5.58. The fourth-order valence-electron chi connectivity index (χ4n) is 4.27. The second-order valence-corrected chi connectivity index (χ2v) is 7.28. The molecule has 0 radical (unpaired) electrons. The van der Waals surface area contributed by atoms with E-state index in [4.69, 9.17) is 5.73 Å². The highest BCUT2D eigenvalue weighted by Gasteiger charge is 2.46. The lowest BCUT2D eigenvalue weighted by Crippen LogP contribution is -2.60. The Morgan fingerprint density at radius 1 is 1.30 bits per heavy atom. The van der Waals surface area contributed by atoms with Crippen molar-refractivity contribution in [3.05, 3.63) is 36.0 Å². The molecule has 27 heavy (non-hydrogen) atoms. The number of hydrogen-bond acceptors (Lipinski definition) is 4. The third-order valence-electron chi connectivity index (χ3n) is 5.58. The summed E-state index contributed by atoms with van der Waals surface area (Å²) in [6.45, 7) is 0.233. The fourth-order valence-corrected chi connectivity index (χ4v) is 4.27. The van der Waals surface area contributed by atoms with Crippen LogP contribution in [-0.2, 0) is 20.8 Å². The summed E-state index contributed by atoms with van der Waals surface area (Å²) in [5.41, 5.74) is 8.11. The summed E-state index contributed by atoms with van der Waals surface area (Å²) in [4.78, 5) is 42.6. The van der Waals surface area contributed by atoms with Crippen LogP contribution in [0.25, 0.3) is 10.9 Å². The zero-order valence-electron chi connectivity index (χ0n) is 14.8. The van der Waals surface area contributed by atoms with Gasteiger partial charge in [-0.05, 0) is 30.9 Å². The molecule has 2 saturated heterocycles. The molecule has 8 nitrogen and oxygen atoms in total. The van der Waals surface area contributed by atoms with Gasteiger partial charge in [-0.15, -0.1) is 0 Å². The van der Waals surface area contributed by atoms with E-state index in [1.807, 2.05) is 30.5 Å². The number of aromatic nitrogens is 1. The van der Waals surface area contributed by atoms with Crippen LogP contribution in [0.1, 0.15) is 18.4 Å². The molecule has 0 aliphatic carbocycles. The Morgan fingerprint density at radius 3 is 2.85 bits per heavy atom. The van der Waals surface area contributed by atoms with Gasteiger partial charge in [0, 0.05) is 23.6 Å². The van der Waals surface area contributed by atoms with Gasteiger partial charge < -0.3 is 25.6 Å². The molecule has 2 fully saturated rings. The van der Waals surface area contributed by atoms with Crippen molar-refractivity contribution in [3.8, 4) is 0 Å². The molecule has 3 heterocycles. The van der Waals surface area contributed by atoms with E-state index in [2.05, 4.69) is 4.98 Å². The number of aromatic amines is 1. The van der Waals surface area contributed by atoms with Crippen LogP contribution in [0.4, 0.5) is 0 Å². The summed E-state index contributed by atoms with van der Waals surface area (Å²) < 4.78 is 0. The van der Waals surface area contributed by atoms with Crippen molar-refractivity contribution in [3.63, 3.8) is 0 Å². The first-order valence-corrected chi connectivity index (χ1v) is 9.09. The van der Waals surface area contributed by atoms with Gasteiger partial charge in [-0.3, -0.25) is 9.59 Å². The molecular formula is C19H22N4O4. The first kappa shape index (κ1) is 17.5. The largest absolute Gasteiger partial charge is 0.480 e. The van der Waals surface area contributed by atoms with Crippen LogP contribution in [0.2, 0.25) is 0 Å². The number of hydrogen-bond donors (Lipinski definition) is 3. The Morgan fingerprint density at radius 2 is 2.07 bits per heavy atom. The molecule has 2 aromatic rings. The molecule has 1 aromatic heterocycles. The number of amides is 2. The van der Waals surface area contributed by atoms with E-state index in [9.17, 15) is 19.5 Å². The predicted molar refractivity (Wildman–Crippen MR) is 97.8 cm³/mol. The first-order valence-electron chi connectivity index (χ1n) is 9.09. The summed E-state index contributed by atoms with van der Waals surface area (Å²) in [6, 6.07) is 6.04. The molecule has 3 atom stereocenters. The molecule has 2 amide bonds. The average Bonchev–Trinajstić information content (AvgIpc) is 3.26. The van der Waals surface area contributed by atoms with Crippen LogP contribution in [0.5, 0.6) is 0 Å². The quantitative estimate of drug-likeness (QED) is 0.716. The first-order chi connectivity index (χ1) is 13.0. The van der Waals surface area contributed by atoms with Crippen molar-refractivity contribution < 1.29 is 19.5 Å². The molecule has 2 aliphatic rings. The lowest BCUT2D eigenvalue weighted by Gasteiger charge is -2.39. The van der Waals surface area contributed by atoms with Crippen LogP contribution < -0.4 is 5.73 Å². The second-order valence-electron chi connectivity index (χ2n) is 7.28. The number of para-hydroxylation sites is 1. The van der Waals surface area contributed by atoms with Crippen LogP contribution in [0, 0.1) is 0 Å². The Labute approximate surface area is 155 Å². The molecule has 1 aromatic carbocycles. The van der Waals surface area contributed by atoms with Gasteiger partial charge in [0.15, 0.2) is 0 Å². The van der Waals surface area contributed by atoms with E-state index >= 15 is 0 Å². The summed E-state index contributed by atoms with van der Waals surface area (Å²) in [5.74, 6) is -1.57. The highest BCUT2D eigenvalue weighted by molar-refractivity contribution is 5.92. The monoisotopic (exact) mass is 370 g/mol. The number of nitrogens with two attached hydrogens (primary N) is 1. The van der Waals surface area contributed by atoms with Gasteiger partial charge in [0.1, 0.15) is 6.04 Å². The maximum absolute atomic E-state index is 12.8. The van der Waals surface area contributed by atoms with Gasteiger partial charge in [0.25, 0.3) is 0 Å². The summed E-state index contributed by atoms with van der Waals surface area (Å²) in [6.07, 6.45) is 3.24. The number of carboxylic acid groups (broad SMARTS) is 1. The van der Waals surface area contributed by atoms with Crippen molar-refractivity contribution in [1.29, 1.82) is 0 Å². The lowest BCUT2D eigenvalue weighted by atomic mass is 10.0. The molecule has 4 rings (SSSR count). The van der Waals surface area contributed by atoms with Crippen LogP contribution in [-0.4, -0.2) is 68.9 Å². The van der Waals surface area contributed by atoms with Crippen molar-refractivity contribution in [2.45, 2.75) is 37.4 Å². The maximum Gasteiger partial charge on any atom is 0.326 e. The average molecular weight is 370 g/mol. The molecule has 0 saturated carbocycles.